The van der Waals surface area contributed by atoms with E-state index in [0.29, 0.717) is 0 Å². The lowest BCUT2D eigenvalue weighted by Crippen LogP contribution is -2.75. The van der Waals surface area contributed by atoms with Crippen LogP contribution in [0.3, 0.4) is 0 Å². The predicted octanol–water partition coefficient (Wildman–Crippen LogP) is 7.39. The molecule has 1 heterocycles. The van der Waals surface area contributed by atoms with Crippen molar-refractivity contribution < 1.29 is 0 Å². The van der Waals surface area contributed by atoms with Gasteiger partial charge in [-0.15, -0.1) is 0 Å². The molecule has 3 heteroatoms. The molecule has 0 fully saturated rings. The summed E-state index contributed by atoms with van der Waals surface area (Å²) in [5.41, 5.74) is 5.19. The van der Waals surface area contributed by atoms with Crippen LogP contribution in [-0.4, -0.2) is 8.07 Å². The fraction of sp³-hybridized carbons (Fsp3) is 0. The smallest absolute Gasteiger partial charge is 0.0623 e. The Morgan fingerprint density at radius 2 is 0.784 bits per heavy atom. The van der Waals surface area contributed by atoms with Crippen molar-refractivity contribution in [3.05, 3.63) is 142 Å². The SMILES string of the molecule is Brc1ccc2c(c1)-c1cc3ccccc3cc1-c1cc(Br)ccc1[Si]2(c1ccccc1)c1ccccc1. The van der Waals surface area contributed by atoms with Crippen LogP contribution in [0.4, 0.5) is 0 Å². The fourth-order valence-electron chi connectivity index (χ4n) is 6.13. The molecule has 0 atom stereocenters. The van der Waals surface area contributed by atoms with Crippen LogP contribution >= 0.6 is 31.9 Å². The zero-order chi connectivity index (χ0) is 25.0. The molecule has 37 heavy (non-hydrogen) atoms. The molecule has 1 aliphatic heterocycles. The summed E-state index contributed by atoms with van der Waals surface area (Å²) >= 11 is 7.64. The van der Waals surface area contributed by atoms with Crippen molar-refractivity contribution in [1.29, 1.82) is 0 Å². The Morgan fingerprint density at radius 3 is 1.22 bits per heavy atom. The summed E-state index contributed by atoms with van der Waals surface area (Å²) in [5, 5.41) is 8.16. The summed E-state index contributed by atoms with van der Waals surface area (Å²) in [6.45, 7) is 0. The summed E-state index contributed by atoms with van der Waals surface area (Å²) in [5.74, 6) is 0. The highest BCUT2D eigenvalue weighted by atomic mass is 79.9. The van der Waals surface area contributed by atoms with Gasteiger partial charge in [-0.2, -0.15) is 0 Å². The highest BCUT2D eigenvalue weighted by molar-refractivity contribution is 9.10. The molecule has 0 unspecified atom stereocenters. The molecule has 0 radical (unpaired) electrons. The molecule has 0 N–H and O–H groups in total. The molecule has 1 aliphatic rings. The van der Waals surface area contributed by atoms with Crippen LogP contribution in [-0.2, 0) is 0 Å². The van der Waals surface area contributed by atoms with Gasteiger partial charge in [-0.05, 0) is 90.2 Å². The van der Waals surface area contributed by atoms with Gasteiger partial charge in [0.25, 0.3) is 0 Å². The number of rotatable bonds is 2. The van der Waals surface area contributed by atoms with Gasteiger partial charge in [0, 0.05) is 8.95 Å². The van der Waals surface area contributed by atoms with E-state index in [1.807, 2.05) is 0 Å². The molecular formula is C34H22Br2Si. The van der Waals surface area contributed by atoms with E-state index in [1.165, 1.54) is 53.8 Å². The molecule has 0 saturated heterocycles. The van der Waals surface area contributed by atoms with E-state index >= 15 is 0 Å². The molecule has 6 aromatic rings. The number of halogens is 2. The van der Waals surface area contributed by atoms with Crippen molar-refractivity contribution in [2.75, 3.05) is 0 Å². The van der Waals surface area contributed by atoms with Gasteiger partial charge in [-0.3, -0.25) is 0 Å². The first-order valence-electron chi connectivity index (χ1n) is 12.4. The van der Waals surface area contributed by atoms with Gasteiger partial charge in [-0.1, -0.05) is 129 Å². The number of fused-ring (bicyclic) bond motifs is 6. The van der Waals surface area contributed by atoms with Gasteiger partial charge in [0.15, 0.2) is 8.07 Å². The van der Waals surface area contributed by atoms with E-state index < -0.39 is 8.07 Å². The van der Waals surface area contributed by atoms with Crippen molar-refractivity contribution in [2.24, 2.45) is 0 Å². The number of benzene rings is 6. The van der Waals surface area contributed by atoms with Gasteiger partial charge in [-0.25, -0.2) is 0 Å². The van der Waals surface area contributed by atoms with Gasteiger partial charge in [0.2, 0.25) is 0 Å². The molecule has 0 amide bonds. The summed E-state index contributed by atoms with van der Waals surface area (Å²) in [7, 11) is -2.69. The lowest BCUT2D eigenvalue weighted by molar-refractivity contribution is 1.62. The minimum Gasteiger partial charge on any atom is -0.0623 e. The third-order valence-electron chi connectivity index (χ3n) is 7.65. The summed E-state index contributed by atoms with van der Waals surface area (Å²) in [6.07, 6.45) is 0. The van der Waals surface area contributed by atoms with Gasteiger partial charge >= 0.3 is 0 Å². The highest BCUT2D eigenvalue weighted by Gasteiger charge is 2.46. The maximum Gasteiger partial charge on any atom is 0.180 e. The van der Waals surface area contributed by atoms with E-state index in [9.17, 15) is 0 Å². The number of hydrogen-bond donors (Lipinski definition) is 0. The summed E-state index contributed by atoms with van der Waals surface area (Å²) < 4.78 is 2.20. The van der Waals surface area contributed by atoms with E-state index in [-0.39, 0.29) is 0 Å². The molecule has 0 saturated carbocycles. The molecule has 0 aliphatic carbocycles. The van der Waals surface area contributed by atoms with Crippen LogP contribution in [0.5, 0.6) is 0 Å². The van der Waals surface area contributed by atoms with E-state index in [4.69, 9.17) is 0 Å². The van der Waals surface area contributed by atoms with Crippen molar-refractivity contribution in [3.63, 3.8) is 0 Å². The van der Waals surface area contributed by atoms with Crippen LogP contribution in [0.2, 0.25) is 0 Å². The Bertz CT molecular complexity index is 1660. The zero-order valence-corrected chi connectivity index (χ0v) is 24.1. The quantitative estimate of drug-likeness (QED) is 0.177. The third kappa shape index (κ3) is 3.53. The molecule has 6 aromatic carbocycles. The first-order valence-corrected chi connectivity index (χ1v) is 16.0. The van der Waals surface area contributed by atoms with E-state index in [2.05, 4.69) is 165 Å². The lowest BCUT2D eigenvalue weighted by Gasteiger charge is -2.35. The van der Waals surface area contributed by atoms with Crippen molar-refractivity contribution in [1.82, 2.24) is 0 Å². The van der Waals surface area contributed by atoms with Crippen LogP contribution in [0.15, 0.2) is 142 Å². The second-order valence-electron chi connectivity index (χ2n) is 9.61. The minimum absolute atomic E-state index is 1.10. The zero-order valence-electron chi connectivity index (χ0n) is 20.0. The molecule has 0 aromatic heterocycles. The minimum atomic E-state index is -2.69. The first kappa shape index (κ1) is 22.9. The molecule has 0 spiro atoms. The van der Waals surface area contributed by atoms with Crippen molar-refractivity contribution in [3.8, 4) is 22.3 Å². The summed E-state index contributed by atoms with van der Waals surface area (Å²) in [6, 6.07) is 49.7. The van der Waals surface area contributed by atoms with Crippen LogP contribution in [0, 0.1) is 0 Å². The molecule has 7 rings (SSSR count). The molecule has 176 valence electrons. The van der Waals surface area contributed by atoms with Crippen LogP contribution in [0.25, 0.3) is 33.0 Å². The Balaban J connectivity index is 1.76. The molecule has 0 bridgehead atoms. The monoisotopic (exact) mass is 616 g/mol. The standard InChI is InChI=1S/C34H22Br2Si/c35-25-15-17-33-31(21-25)29-19-23-9-7-8-10-24(23)20-30(29)32-22-26(36)16-18-34(32)37(33,27-11-3-1-4-12-27)28-13-5-2-6-14-28/h1-22H. The van der Waals surface area contributed by atoms with Crippen LogP contribution in [0.1, 0.15) is 0 Å². The van der Waals surface area contributed by atoms with Gasteiger partial charge < -0.3 is 0 Å². The van der Waals surface area contributed by atoms with E-state index in [0.717, 1.165) is 8.95 Å². The highest BCUT2D eigenvalue weighted by Crippen LogP contribution is 2.40. The first-order chi connectivity index (χ1) is 18.2. The molecular weight excluding hydrogens is 596 g/mol. The number of hydrogen-bond acceptors (Lipinski definition) is 0. The Hall–Kier alpha value is -3.24. The fourth-order valence-corrected chi connectivity index (χ4v) is 12.0. The second-order valence-corrected chi connectivity index (χ2v) is 15.2. The molecule has 0 nitrogen and oxygen atoms in total. The van der Waals surface area contributed by atoms with Gasteiger partial charge in [0.1, 0.15) is 0 Å². The second kappa shape index (κ2) is 8.95. The largest absolute Gasteiger partial charge is 0.180 e. The van der Waals surface area contributed by atoms with Crippen molar-refractivity contribution in [2.45, 2.75) is 0 Å². The van der Waals surface area contributed by atoms with Crippen LogP contribution < -0.4 is 20.7 Å². The topological polar surface area (TPSA) is 0 Å². The normalized spacial score (nSPS) is 13.4. The average Bonchev–Trinajstić information content (AvgIpc) is 3.04. The summed E-state index contributed by atoms with van der Waals surface area (Å²) in [4.78, 5) is 0. The van der Waals surface area contributed by atoms with Gasteiger partial charge in [0.05, 0.1) is 0 Å². The maximum atomic E-state index is 3.82. The Morgan fingerprint density at radius 1 is 0.378 bits per heavy atom. The predicted molar refractivity (Wildman–Crippen MR) is 167 cm³/mol. The van der Waals surface area contributed by atoms with Crippen molar-refractivity contribution >= 4 is 71.5 Å². The van der Waals surface area contributed by atoms with E-state index in [1.54, 1.807) is 0 Å². The Labute approximate surface area is 234 Å². The maximum absolute atomic E-state index is 3.82. The lowest BCUT2D eigenvalue weighted by atomic mass is 9.91. The average molecular weight is 618 g/mol. The third-order valence-corrected chi connectivity index (χ3v) is 13.5. The Kier molecular flexibility index (Phi) is 5.54.